The third-order valence-corrected chi connectivity index (χ3v) is 3.66. The highest BCUT2D eigenvalue weighted by atomic mass is 15.3. The normalized spacial score (nSPS) is 11.1. The average molecular weight is 265 g/mol. The van der Waals surface area contributed by atoms with Crippen molar-refractivity contribution in [2.24, 2.45) is 0 Å². The van der Waals surface area contributed by atoms with Gasteiger partial charge in [-0.3, -0.25) is 4.68 Å². The van der Waals surface area contributed by atoms with Gasteiger partial charge in [0.1, 0.15) is 11.6 Å². The second kappa shape index (κ2) is 5.45. The maximum absolute atomic E-state index is 4.41. The van der Waals surface area contributed by atoms with Crippen LogP contribution < -0.4 is 0 Å². The molecule has 20 heavy (non-hydrogen) atoms. The third-order valence-electron chi connectivity index (χ3n) is 3.66. The lowest BCUT2D eigenvalue weighted by molar-refractivity contribution is 0.561. The lowest BCUT2D eigenvalue weighted by Gasteiger charge is -2.07. The minimum absolute atomic E-state index is 0.854. The summed E-state index contributed by atoms with van der Waals surface area (Å²) in [5.41, 5.74) is 1.41. The molecule has 0 saturated carbocycles. The fourth-order valence-corrected chi connectivity index (χ4v) is 2.70. The first kappa shape index (κ1) is 12.9. The predicted octanol–water partition coefficient (Wildman–Crippen LogP) is 3.68. The Labute approximate surface area is 119 Å². The van der Waals surface area contributed by atoms with Crippen LogP contribution in [-0.4, -0.2) is 14.8 Å². The van der Waals surface area contributed by atoms with Crippen LogP contribution in [0.4, 0.5) is 0 Å². The minimum atomic E-state index is 0.854. The molecule has 0 fully saturated rings. The number of fused-ring (bicyclic) bond motifs is 1. The predicted molar refractivity (Wildman–Crippen MR) is 81.8 cm³/mol. The van der Waals surface area contributed by atoms with E-state index in [-0.39, 0.29) is 0 Å². The Balaban J connectivity index is 1.73. The summed E-state index contributed by atoms with van der Waals surface area (Å²) in [6, 6.07) is 15.1. The molecule has 0 spiro atoms. The number of hydrogen-bond acceptors (Lipinski definition) is 2. The summed E-state index contributed by atoms with van der Waals surface area (Å²) in [5, 5.41) is 7.09. The fourth-order valence-electron chi connectivity index (χ4n) is 2.70. The molecule has 3 aromatic rings. The molecular formula is C17H19N3. The molecule has 3 rings (SSSR count). The van der Waals surface area contributed by atoms with E-state index in [1.807, 2.05) is 18.5 Å². The van der Waals surface area contributed by atoms with Crippen molar-refractivity contribution in [1.82, 2.24) is 14.8 Å². The molecule has 0 amide bonds. The van der Waals surface area contributed by atoms with E-state index < -0.39 is 0 Å². The molecule has 0 radical (unpaired) electrons. The summed E-state index contributed by atoms with van der Waals surface area (Å²) in [6.45, 7) is 4.88. The summed E-state index contributed by atoms with van der Waals surface area (Å²) in [7, 11) is 0. The Hall–Kier alpha value is -2.16. The summed E-state index contributed by atoms with van der Waals surface area (Å²) < 4.78 is 2.00. The lowest BCUT2D eigenvalue weighted by Crippen LogP contribution is -2.04. The van der Waals surface area contributed by atoms with Crippen LogP contribution in [0.2, 0.25) is 0 Å². The SMILES string of the molecule is Cc1nc(C)n(CCCc2cccc3ccccc23)n1. The Morgan fingerprint density at radius 3 is 2.60 bits per heavy atom. The second-order valence-electron chi connectivity index (χ2n) is 5.17. The van der Waals surface area contributed by atoms with Gasteiger partial charge < -0.3 is 0 Å². The summed E-state index contributed by atoms with van der Waals surface area (Å²) in [6.07, 6.45) is 2.15. The van der Waals surface area contributed by atoms with Gasteiger partial charge >= 0.3 is 0 Å². The van der Waals surface area contributed by atoms with Crippen LogP contribution in [0.3, 0.4) is 0 Å². The van der Waals surface area contributed by atoms with E-state index in [1.54, 1.807) is 0 Å². The lowest BCUT2D eigenvalue weighted by atomic mass is 10.0. The Morgan fingerprint density at radius 2 is 1.80 bits per heavy atom. The zero-order chi connectivity index (χ0) is 13.9. The molecule has 0 saturated heterocycles. The van der Waals surface area contributed by atoms with Crippen LogP contribution in [0.5, 0.6) is 0 Å². The molecule has 0 N–H and O–H groups in total. The highest BCUT2D eigenvalue weighted by Crippen LogP contribution is 2.19. The zero-order valence-corrected chi connectivity index (χ0v) is 12.0. The fraction of sp³-hybridized carbons (Fsp3) is 0.294. The topological polar surface area (TPSA) is 30.7 Å². The molecule has 1 aromatic heterocycles. The highest BCUT2D eigenvalue weighted by Gasteiger charge is 2.04. The molecule has 0 bridgehead atoms. The van der Waals surface area contributed by atoms with Gasteiger partial charge in [-0.15, -0.1) is 0 Å². The largest absolute Gasteiger partial charge is 0.250 e. The van der Waals surface area contributed by atoms with E-state index in [1.165, 1.54) is 16.3 Å². The van der Waals surface area contributed by atoms with Crippen LogP contribution in [0.1, 0.15) is 23.6 Å². The van der Waals surface area contributed by atoms with Gasteiger partial charge in [-0.1, -0.05) is 42.5 Å². The molecule has 0 aliphatic rings. The first-order valence-corrected chi connectivity index (χ1v) is 7.09. The molecule has 102 valence electrons. The van der Waals surface area contributed by atoms with Crippen molar-refractivity contribution in [2.45, 2.75) is 33.2 Å². The van der Waals surface area contributed by atoms with Gasteiger partial charge in [0.15, 0.2) is 0 Å². The number of benzene rings is 2. The molecule has 0 unspecified atom stereocenters. The number of aryl methyl sites for hydroxylation is 4. The molecule has 1 heterocycles. The van der Waals surface area contributed by atoms with Crippen molar-refractivity contribution >= 4 is 10.8 Å². The van der Waals surface area contributed by atoms with E-state index in [0.717, 1.165) is 31.0 Å². The molecule has 3 nitrogen and oxygen atoms in total. The van der Waals surface area contributed by atoms with Crippen molar-refractivity contribution in [3.63, 3.8) is 0 Å². The summed E-state index contributed by atoms with van der Waals surface area (Å²) in [5.74, 6) is 1.85. The summed E-state index contributed by atoms with van der Waals surface area (Å²) >= 11 is 0. The number of aromatic nitrogens is 3. The number of hydrogen-bond donors (Lipinski definition) is 0. The molecule has 0 aliphatic heterocycles. The Bertz CT molecular complexity index is 723. The van der Waals surface area contributed by atoms with E-state index in [2.05, 4.69) is 52.5 Å². The first-order chi connectivity index (χ1) is 9.74. The maximum atomic E-state index is 4.41. The van der Waals surface area contributed by atoms with Gasteiger partial charge in [-0.05, 0) is 43.0 Å². The van der Waals surface area contributed by atoms with E-state index >= 15 is 0 Å². The van der Waals surface area contributed by atoms with Crippen LogP contribution in [-0.2, 0) is 13.0 Å². The maximum Gasteiger partial charge on any atom is 0.147 e. The molecule has 0 aliphatic carbocycles. The van der Waals surface area contributed by atoms with Gasteiger partial charge in [0, 0.05) is 6.54 Å². The second-order valence-corrected chi connectivity index (χ2v) is 5.17. The smallest absolute Gasteiger partial charge is 0.147 e. The van der Waals surface area contributed by atoms with Crippen LogP contribution in [0.25, 0.3) is 10.8 Å². The van der Waals surface area contributed by atoms with Crippen molar-refractivity contribution < 1.29 is 0 Å². The monoisotopic (exact) mass is 265 g/mol. The quantitative estimate of drug-likeness (QED) is 0.720. The number of nitrogens with zero attached hydrogens (tertiary/aromatic N) is 3. The molecule has 2 aromatic carbocycles. The molecule has 3 heteroatoms. The van der Waals surface area contributed by atoms with Crippen LogP contribution in [0.15, 0.2) is 42.5 Å². The zero-order valence-electron chi connectivity index (χ0n) is 12.0. The summed E-state index contributed by atoms with van der Waals surface area (Å²) in [4.78, 5) is 4.34. The number of rotatable bonds is 4. The molecular weight excluding hydrogens is 246 g/mol. The Morgan fingerprint density at radius 1 is 1.00 bits per heavy atom. The highest BCUT2D eigenvalue weighted by molar-refractivity contribution is 5.85. The molecule has 0 atom stereocenters. The van der Waals surface area contributed by atoms with Crippen molar-refractivity contribution in [3.8, 4) is 0 Å². The Kier molecular flexibility index (Phi) is 3.50. The van der Waals surface area contributed by atoms with E-state index in [0.29, 0.717) is 0 Å². The standard InChI is InChI=1S/C17H19N3/c1-13-18-14(2)20(19-13)12-6-10-16-9-5-8-15-7-3-4-11-17(15)16/h3-5,7-9,11H,6,10,12H2,1-2H3. The van der Waals surface area contributed by atoms with Crippen molar-refractivity contribution in [3.05, 3.63) is 59.7 Å². The van der Waals surface area contributed by atoms with Crippen molar-refractivity contribution in [2.75, 3.05) is 0 Å². The van der Waals surface area contributed by atoms with Gasteiger partial charge in [0.2, 0.25) is 0 Å². The van der Waals surface area contributed by atoms with Crippen LogP contribution in [0, 0.1) is 13.8 Å². The van der Waals surface area contributed by atoms with E-state index in [4.69, 9.17) is 0 Å². The van der Waals surface area contributed by atoms with Crippen LogP contribution >= 0.6 is 0 Å². The van der Waals surface area contributed by atoms with Gasteiger partial charge in [0.25, 0.3) is 0 Å². The minimum Gasteiger partial charge on any atom is -0.250 e. The first-order valence-electron chi connectivity index (χ1n) is 7.09. The average Bonchev–Trinajstić information content (AvgIpc) is 2.77. The van der Waals surface area contributed by atoms with Crippen molar-refractivity contribution in [1.29, 1.82) is 0 Å². The van der Waals surface area contributed by atoms with Gasteiger partial charge in [-0.2, -0.15) is 5.10 Å². The van der Waals surface area contributed by atoms with Gasteiger partial charge in [-0.25, -0.2) is 4.98 Å². The van der Waals surface area contributed by atoms with E-state index in [9.17, 15) is 0 Å². The third kappa shape index (κ3) is 2.57. The van der Waals surface area contributed by atoms with Gasteiger partial charge in [0.05, 0.1) is 0 Å².